The third-order valence-electron chi connectivity index (χ3n) is 3.45. The molecule has 2 heterocycles. The molecule has 0 unspecified atom stereocenters. The fourth-order valence-electron chi connectivity index (χ4n) is 2.26. The maximum atomic E-state index is 12.2. The van der Waals surface area contributed by atoms with Crippen LogP contribution in [0.2, 0.25) is 0 Å². The van der Waals surface area contributed by atoms with Crippen LogP contribution in [0, 0.1) is 0 Å². The highest BCUT2D eigenvalue weighted by molar-refractivity contribution is 7.13. The molecule has 6 heteroatoms. The first kappa shape index (κ1) is 16.1. The second-order valence-electron chi connectivity index (χ2n) is 5.07. The minimum Gasteiger partial charge on any atom is -0.496 e. The van der Waals surface area contributed by atoms with Crippen molar-refractivity contribution >= 4 is 17.2 Å². The summed E-state index contributed by atoms with van der Waals surface area (Å²) in [5.41, 5.74) is 2.35. The van der Waals surface area contributed by atoms with Crippen LogP contribution in [-0.2, 0) is 6.42 Å². The van der Waals surface area contributed by atoms with Gasteiger partial charge in [-0.05, 0) is 24.3 Å². The van der Waals surface area contributed by atoms with Crippen LogP contribution in [0.4, 0.5) is 0 Å². The molecule has 24 heavy (non-hydrogen) atoms. The van der Waals surface area contributed by atoms with Crippen LogP contribution < -0.4 is 10.1 Å². The molecule has 1 amide bonds. The summed E-state index contributed by atoms with van der Waals surface area (Å²) in [5, 5.41) is 5.79. The van der Waals surface area contributed by atoms with Crippen LogP contribution in [0.25, 0.3) is 10.7 Å². The molecule has 0 saturated heterocycles. The van der Waals surface area contributed by atoms with Gasteiger partial charge in [-0.15, -0.1) is 11.3 Å². The lowest BCUT2D eigenvalue weighted by Crippen LogP contribution is -2.26. The van der Waals surface area contributed by atoms with Crippen molar-refractivity contribution in [3.05, 3.63) is 65.3 Å². The van der Waals surface area contributed by atoms with Crippen LogP contribution >= 0.6 is 11.3 Å². The number of benzene rings is 1. The molecule has 0 fully saturated rings. The quantitative estimate of drug-likeness (QED) is 0.749. The standard InChI is InChI=1S/C18H17N3O2S/c1-23-16-8-3-2-6-14(16)17(22)20-11-9-13-12-24-18(21-13)15-7-4-5-10-19-15/h2-8,10,12H,9,11H2,1H3,(H,20,22). The summed E-state index contributed by atoms with van der Waals surface area (Å²) in [6, 6.07) is 12.9. The van der Waals surface area contributed by atoms with E-state index in [0.29, 0.717) is 24.3 Å². The van der Waals surface area contributed by atoms with Crippen molar-refractivity contribution in [1.29, 1.82) is 0 Å². The summed E-state index contributed by atoms with van der Waals surface area (Å²) < 4.78 is 5.20. The number of amides is 1. The van der Waals surface area contributed by atoms with E-state index in [4.69, 9.17) is 4.74 Å². The Morgan fingerprint density at radius 1 is 1.21 bits per heavy atom. The zero-order valence-electron chi connectivity index (χ0n) is 13.2. The Morgan fingerprint density at radius 2 is 2.04 bits per heavy atom. The van der Waals surface area contributed by atoms with Crippen molar-refractivity contribution in [3.63, 3.8) is 0 Å². The van der Waals surface area contributed by atoms with Crippen molar-refractivity contribution < 1.29 is 9.53 Å². The molecule has 0 bridgehead atoms. The number of ether oxygens (including phenoxy) is 1. The van der Waals surface area contributed by atoms with Crippen LogP contribution in [-0.4, -0.2) is 29.5 Å². The SMILES string of the molecule is COc1ccccc1C(=O)NCCc1csc(-c2ccccn2)n1. The summed E-state index contributed by atoms with van der Waals surface area (Å²) in [6.07, 6.45) is 2.42. The molecule has 3 aromatic rings. The number of pyridine rings is 1. The topological polar surface area (TPSA) is 64.1 Å². The van der Waals surface area contributed by atoms with Crippen LogP contribution in [0.3, 0.4) is 0 Å². The normalized spacial score (nSPS) is 10.4. The average Bonchev–Trinajstić information content (AvgIpc) is 3.11. The monoisotopic (exact) mass is 339 g/mol. The number of nitrogens with zero attached hydrogens (tertiary/aromatic N) is 2. The predicted octanol–water partition coefficient (Wildman–Crippen LogP) is 3.19. The number of nitrogens with one attached hydrogen (secondary N) is 1. The zero-order chi connectivity index (χ0) is 16.8. The number of aromatic nitrogens is 2. The molecule has 2 aromatic heterocycles. The largest absolute Gasteiger partial charge is 0.496 e. The number of thiazole rings is 1. The highest BCUT2D eigenvalue weighted by Crippen LogP contribution is 2.21. The van der Waals surface area contributed by atoms with Gasteiger partial charge >= 0.3 is 0 Å². The van der Waals surface area contributed by atoms with E-state index < -0.39 is 0 Å². The Bertz CT molecular complexity index is 818. The summed E-state index contributed by atoms with van der Waals surface area (Å²) in [4.78, 5) is 21.1. The molecule has 0 saturated carbocycles. The Kier molecular flexibility index (Phi) is 5.18. The molecule has 1 aromatic carbocycles. The van der Waals surface area contributed by atoms with Crippen LogP contribution in [0.15, 0.2) is 54.0 Å². The number of rotatable bonds is 6. The summed E-state index contributed by atoms with van der Waals surface area (Å²) in [6.45, 7) is 0.516. The molecule has 0 spiro atoms. The van der Waals surface area contributed by atoms with Gasteiger partial charge in [0.25, 0.3) is 5.91 Å². The van der Waals surface area contributed by atoms with E-state index in [0.717, 1.165) is 16.4 Å². The van der Waals surface area contributed by atoms with Gasteiger partial charge in [-0.1, -0.05) is 18.2 Å². The van der Waals surface area contributed by atoms with Gasteiger partial charge in [0.15, 0.2) is 0 Å². The molecule has 122 valence electrons. The van der Waals surface area contributed by atoms with Crippen molar-refractivity contribution in [2.45, 2.75) is 6.42 Å². The van der Waals surface area contributed by atoms with Gasteiger partial charge in [-0.25, -0.2) is 4.98 Å². The fraction of sp³-hybridized carbons (Fsp3) is 0.167. The Morgan fingerprint density at radius 3 is 2.83 bits per heavy atom. The fourth-order valence-corrected chi connectivity index (χ4v) is 3.09. The van der Waals surface area contributed by atoms with Crippen molar-refractivity contribution in [2.75, 3.05) is 13.7 Å². The minimum absolute atomic E-state index is 0.146. The van der Waals surface area contributed by atoms with Gasteiger partial charge in [0, 0.05) is 24.5 Å². The lowest BCUT2D eigenvalue weighted by Gasteiger charge is -2.08. The molecule has 5 nitrogen and oxygen atoms in total. The third-order valence-corrected chi connectivity index (χ3v) is 4.37. The van der Waals surface area contributed by atoms with Gasteiger partial charge in [0.1, 0.15) is 10.8 Å². The molecular weight excluding hydrogens is 322 g/mol. The van der Waals surface area contributed by atoms with Crippen molar-refractivity contribution in [1.82, 2.24) is 15.3 Å². The summed E-state index contributed by atoms with van der Waals surface area (Å²) in [5.74, 6) is 0.425. The lowest BCUT2D eigenvalue weighted by molar-refractivity contribution is 0.0951. The number of hydrogen-bond donors (Lipinski definition) is 1. The molecular formula is C18H17N3O2S. The van der Waals surface area contributed by atoms with Gasteiger partial charge in [0.05, 0.1) is 24.1 Å². The number of hydrogen-bond acceptors (Lipinski definition) is 5. The van der Waals surface area contributed by atoms with E-state index in [2.05, 4.69) is 15.3 Å². The second kappa shape index (κ2) is 7.70. The number of carbonyl (C=O) groups is 1. The second-order valence-corrected chi connectivity index (χ2v) is 5.92. The molecule has 3 rings (SSSR count). The van der Waals surface area contributed by atoms with Crippen molar-refractivity contribution in [2.24, 2.45) is 0 Å². The lowest BCUT2D eigenvalue weighted by atomic mass is 10.2. The first-order valence-corrected chi connectivity index (χ1v) is 8.43. The smallest absolute Gasteiger partial charge is 0.255 e. The molecule has 0 radical (unpaired) electrons. The van der Waals surface area contributed by atoms with Gasteiger partial charge in [-0.3, -0.25) is 9.78 Å². The average molecular weight is 339 g/mol. The van der Waals surface area contributed by atoms with E-state index >= 15 is 0 Å². The highest BCUT2D eigenvalue weighted by atomic mass is 32.1. The van der Waals surface area contributed by atoms with Gasteiger partial charge in [0.2, 0.25) is 0 Å². The summed E-state index contributed by atoms with van der Waals surface area (Å²) in [7, 11) is 1.56. The van der Waals surface area contributed by atoms with Crippen molar-refractivity contribution in [3.8, 4) is 16.5 Å². The van der Waals surface area contributed by atoms with E-state index in [1.54, 1.807) is 36.8 Å². The Labute approximate surface area is 144 Å². The molecule has 0 aliphatic heterocycles. The van der Waals surface area contributed by atoms with E-state index in [9.17, 15) is 4.79 Å². The first-order chi connectivity index (χ1) is 11.8. The van der Waals surface area contributed by atoms with Gasteiger partial charge in [-0.2, -0.15) is 0 Å². The number of para-hydroxylation sites is 1. The third kappa shape index (κ3) is 3.78. The summed E-state index contributed by atoms with van der Waals surface area (Å²) >= 11 is 1.56. The molecule has 0 aliphatic rings. The van der Waals surface area contributed by atoms with Gasteiger partial charge < -0.3 is 10.1 Å². The first-order valence-electron chi connectivity index (χ1n) is 7.55. The van der Waals surface area contributed by atoms with E-state index in [1.807, 2.05) is 35.7 Å². The van der Waals surface area contributed by atoms with Crippen LogP contribution in [0.1, 0.15) is 16.1 Å². The number of methoxy groups -OCH3 is 1. The van der Waals surface area contributed by atoms with E-state index in [-0.39, 0.29) is 5.91 Å². The van der Waals surface area contributed by atoms with Crippen LogP contribution in [0.5, 0.6) is 5.75 Å². The number of carbonyl (C=O) groups excluding carboxylic acids is 1. The molecule has 1 N–H and O–H groups in total. The maximum absolute atomic E-state index is 12.2. The molecule has 0 atom stereocenters. The Hall–Kier alpha value is -2.73. The Balaban J connectivity index is 1.57. The highest BCUT2D eigenvalue weighted by Gasteiger charge is 2.11. The predicted molar refractivity (Wildman–Crippen MR) is 94.4 cm³/mol. The minimum atomic E-state index is -0.146. The maximum Gasteiger partial charge on any atom is 0.255 e. The van der Waals surface area contributed by atoms with E-state index in [1.165, 1.54) is 0 Å². The zero-order valence-corrected chi connectivity index (χ0v) is 14.0. The molecule has 0 aliphatic carbocycles.